The summed E-state index contributed by atoms with van der Waals surface area (Å²) in [6.07, 6.45) is 5.22. The summed E-state index contributed by atoms with van der Waals surface area (Å²) < 4.78 is 5.24. The Hall–Kier alpha value is -1.36. The second-order valence-electron chi connectivity index (χ2n) is 3.84. The molecule has 0 saturated carbocycles. The summed E-state index contributed by atoms with van der Waals surface area (Å²) in [4.78, 5) is 16.6. The first-order valence-electron chi connectivity index (χ1n) is 5.09. The lowest BCUT2D eigenvalue weighted by atomic mass is 9.98. The van der Waals surface area contributed by atoms with Crippen LogP contribution in [0.2, 0.25) is 0 Å². The normalized spacial score (nSPS) is 22.8. The number of aliphatic carboxylic acids is 1. The fourth-order valence-electron chi connectivity index (χ4n) is 2.03. The average molecular weight is 210 g/mol. The Balaban J connectivity index is 1.95. The van der Waals surface area contributed by atoms with Crippen LogP contribution in [0.4, 0.5) is 0 Å². The molecule has 0 amide bonds. The lowest BCUT2D eigenvalue weighted by molar-refractivity contribution is -0.138. The molecule has 0 bridgehead atoms. The number of nitrogens with zero attached hydrogens (tertiary/aromatic N) is 2. The molecule has 82 valence electrons. The zero-order valence-corrected chi connectivity index (χ0v) is 8.43. The van der Waals surface area contributed by atoms with Gasteiger partial charge in [0, 0.05) is 12.5 Å². The van der Waals surface area contributed by atoms with Crippen molar-refractivity contribution in [2.75, 3.05) is 19.6 Å². The predicted molar refractivity (Wildman–Crippen MR) is 52.6 cm³/mol. The van der Waals surface area contributed by atoms with Crippen molar-refractivity contribution in [1.29, 1.82) is 0 Å². The number of carboxylic acids is 1. The van der Waals surface area contributed by atoms with E-state index < -0.39 is 5.97 Å². The maximum atomic E-state index is 10.6. The summed E-state index contributed by atoms with van der Waals surface area (Å²) in [6, 6.07) is 0. The summed E-state index contributed by atoms with van der Waals surface area (Å²) in [5, 5.41) is 8.70. The molecular formula is C10H14N2O3. The molecule has 0 aromatic carbocycles. The minimum Gasteiger partial charge on any atom is -0.480 e. The molecule has 5 heteroatoms. The van der Waals surface area contributed by atoms with Gasteiger partial charge in [-0.15, -0.1) is 0 Å². The number of aromatic nitrogens is 1. The van der Waals surface area contributed by atoms with Crippen molar-refractivity contribution in [2.24, 2.45) is 0 Å². The van der Waals surface area contributed by atoms with Gasteiger partial charge in [-0.3, -0.25) is 9.69 Å². The Bertz CT molecular complexity index is 323. The van der Waals surface area contributed by atoms with E-state index in [9.17, 15) is 4.79 Å². The Morgan fingerprint density at radius 2 is 2.60 bits per heavy atom. The van der Waals surface area contributed by atoms with Crippen LogP contribution in [-0.4, -0.2) is 40.6 Å². The van der Waals surface area contributed by atoms with Gasteiger partial charge in [-0.05, 0) is 19.4 Å². The number of piperidine rings is 1. The van der Waals surface area contributed by atoms with Crippen molar-refractivity contribution in [2.45, 2.75) is 18.8 Å². The number of likely N-dealkylation sites (tertiary alicyclic amines) is 1. The topological polar surface area (TPSA) is 66.6 Å². The fraction of sp³-hybridized carbons (Fsp3) is 0.600. The van der Waals surface area contributed by atoms with Crippen LogP contribution < -0.4 is 0 Å². The van der Waals surface area contributed by atoms with E-state index in [4.69, 9.17) is 9.52 Å². The molecule has 1 unspecified atom stereocenters. The Kier molecular flexibility index (Phi) is 3.01. The summed E-state index contributed by atoms with van der Waals surface area (Å²) in [5.41, 5.74) is 0. The molecule has 5 nitrogen and oxygen atoms in total. The Labute approximate surface area is 87.7 Å². The van der Waals surface area contributed by atoms with Crippen LogP contribution in [0.5, 0.6) is 0 Å². The van der Waals surface area contributed by atoms with E-state index >= 15 is 0 Å². The Morgan fingerprint density at radius 3 is 3.27 bits per heavy atom. The van der Waals surface area contributed by atoms with Crippen LogP contribution in [0.15, 0.2) is 16.9 Å². The first kappa shape index (κ1) is 10.2. The van der Waals surface area contributed by atoms with Crippen molar-refractivity contribution in [3.05, 3.63) is 18.4 Å². The van der Waals surface area contributed by atoms with E-state index in [0.717, 1.165) is 31.8 Å². The molecule has 2 rings (SSSR count). The second kappa shape index (κ2) is 4.44. The van der Waals surface area contributed by atoms with E-state index in [1.807, 2.05) is 4.90 Å². The highest BCUT2D eigenvalue weighted by Crippen LogP contribution is 2.25. The van der Waals surface area contributed by atoms with Crippen LogP contribution >= 0.6 is 0 Å². The first-order valence-corrected chi connectivity index (χ1v) is 5.09. The summed E-state index contributed by atoms with van der Waals surface area (Å²) >= 11 is 0. The quantitative estimate of drug-likeness (QED) is 0.804. The van der Waals surface area contributed by atoms with Gasteiger partial charge in [0.25, 0.3) is 0 Å². The summed E-state index contributed by atoms with van der Waals surface area (Å²) in [6.45, 7) is 1.69. The van der Waals surface area contributed by atoms with E-state index in [0.29, 0.717) is 0 Å². The van der Waals surface area contributed by atoms with Crippen LogP contribution in [-0.2, 0) is 4.79 Å². The molecule has 1 fully saturated rings. The molecule has 0 spiro atoms. The molecule has 0 aliphatic carbocycles. The predicted octanol–water partition coefficient (Wildman–Crippen LogP) is 0.939. The standard InChI is InChI=1S/C10H14N2O3/c13-9(14)7-12-4-1-2-8(6-12)10-11-3-5-15-10/h3,5,8H,1-2,4,6-7H2,(H,13,14). The Morgan fingerprint density at radius 1 is 1.73 bits per heavy atom. The van der Waals surface area contributed by atoms with E-state index in [1.54, 1.807) is 12.5 Å². The summed E-state index contributed by atoms with van der Waals surface area (Å²) in [7, 11) is 0. The van der Waals surface area contributed by atoms with Gasteiger partial charge in [-0.1, -0.05) is 0 Å². The van der Waals surface area contributed by atoms with Crippen molar-refractivity contribution in [3.8, 4) is 0 Å². The van der Waals surface area contributed by atoms with Gasteiger partial charge in [-0.2, -0.15) is 0 Å². The van der Waals surface area contributed by atoms with Crippen LogP contribution in [0.25, 0.3) is 0 Å². The molecule has 0 radical (unpaired) electrons. The van der Waals surface area contributed by atoms with Crippen molar-refractivity contribution in [1.82, 2.24) is 9.88 Å². The molecule has 1 aromatic rings. The highest BCUT2D eigenvalue weighted by molar-refractivity contribution is 5.69. The third-order valence-electron chi connectivity index (χ3n) is 2.67. The molecule has 15 heavy (non-hydrogen) atoms. The van der Waals surface area contributed by atoms with Crippen LogP contribution in [0.3, 0.4) is 0 Å². The van der Waals surface area contributed by atoms with Gasteiger partial charge in [0.1, 0.15) is 6.26 Å². The fourth-order valence-corrected chi connectivity index (χ4v) is 2.03. The van der Waals surface area contributed by atoms with E-state index in [-0.39, 0.29) is 12.5 Å². The number of hydrogen-bond acceptors (Lipinski definition) is 4. The number of rotatable bonds is 3. The minimum absolute atomic E-state index is 0.108. The smallest absolute Gasteiger partial charge is 0.317 e. The lowest BCUT2D eigenvalue weighted by Gasteiger charge is -2.29. The van der Waals surface area contributed by atoms with Crippen molar-refractivity contribution in [3.63, 3.8) is 0 Å². The SMILES string of the molecule is O=C(O)CN1CCCC(c2ncco2)C1. The van der Waals surface area contributed by atoms with Crippen molar-refractivity contribution >= 4 is 5.97 Å². The molecule has 1 aromatic heterocycles. The molecule has 1 aliphatic heterocycles. The van der Waals surface area contributed by atoms with Crippen LogP contribution in [0, 0.1) is 0 Å². The van der Waals surface area contributed by atoms with Gasteiger partial charge >= 0.3 is 5.97 Å². The van der Waals surface area contributed by atoms with Gasteiger partial charge in [0.2, 0.25) is 0 Å². The lowest BCUT2D eigenvalue weighted by Crippen LogP contribution is -2.37. The van der Waals surface area contributed by atoms with Gasteiger partial charge in [0.15, 0.2) is 5.89 Å². The van der Waals surface area contributed by atoms with Gasteiger partial charge < -0.3 is 9.52 Å². The maximum absolute atomic E-state index is 10.6. The molecule has 1 aliphatic rings. The molecule has 1 saturated heterocycles. The van der Waals surface area contributed by atoms with E-state index in [1.165, 1.54) is 0 Å². The average Bonchev–Trinajstić information content (AvgIpc) is 2.69. The maximum Gasteiger partial charge on any atom is 0.317 e. The monoisotopic (exact) mass is 210 g/mol. The molecule has 1 atom stereocenters. The molecule has 2 heterocycles. The second-order valence-corrected chi connectivity index (χ2v) is 3.84. The highest BCUT2D eigenvalue weighted by atomic mass is 16.4. The highest BCUT2D eigenvalue weighted by Gasteiger charge is 2.25. The third-order valence-corrected chi connectivity index (χ3v) is 2.67. The largest absolute Gasteiger partial charge is 0.480 e. The van der Waals surface area contributed by atoms with Crippen LogP contribution in [0.1, 0.15) is 24.7 Å². The minimum atomic E-state index is -0.775. The van der Waals surface area contributed by atoms with Gasteiger partial charge in [0.05, 0.1) is 12.7 Å². The molecular weight excluding hydrogens is 196 g/mol. The van der Waals surface area contributed by atoms with E-state index in [2.05, 4.69) is 4.98 Å². The first-order chi connectivity index (χ1) is 7.25. The van der Waals surface area contributed by atoms with Crippen molar-refractivity contribution < 1.29 is 14.3 Å². The van der Waals surface area contributed by atoms with Gasteiger partial charge in [-0.25, -0.2) is 4.98 Å². The number of carboxylic acid groups (broad SMARTS) is 1. The summed E-state index contributed by atoms with van der Waals surface area (Å²) in [5.74, 6) is 0.196. The number of oxazole rings is 1. The zero-order valence-electron chi connectivity index (χ0n) is 8.43. The number of carbonyl (C=O) groups is 1. The third kappa shape index (κ3) is 2.56. The number of hydrogen-bond donors (Lipinski definition) is 1. The molecule has 1 N–H and O–H groups in total. The zero-order chi connectivity index (χ0) is 10.7.